The average Bonchev–Trinajstić information content (AvgIpc) is 3.32. The molecule has 0 aliphatic rings. The maximum Gasteiger partial charge on any atom is 0.319 e. The van der Waals surface area contributed by atoms with Crippen molar-refractivity contribution in [3.05, 3.63) is 105 Å². The van der Waals surface area contributed by atoms with Crippen molar-refractivity contribution in [2.75, 3.05) is 5.32 Å². The van der Waals surface area contributed by atoms with Crippen LogP contribution in [-0.2, 0) is 12.2 Å². The van der Waals surface area contributed by atoms with E-state index in [-0.39, 0.29) is 11.7 Å². The van der Waals surface area contributed by atoms with E-state index in [2.05, 4.69) is 39.9 Å². The molecule has 0 radical (unpaired) electrons. The molecule has 4 aromatic rings. The zero-order chi connectivity index (χ0) is 26.4. The maximum atomic E-state index is 12.7. The van der Waals surface area contributed by atoms with E-state index in [1.54, 1.807) is 12.1 Å². The van der Waals surface area contributed by atoms with Crippen LogP contribution in [0, 0.1) is 17.0 Å². The molecule has 2 amide bonds. The monoisotopic (exact) mass is 516 g/mol. The van der Waals surface area contributed by atoms with Gasteiger partial charge in [-0.05, 0) is 55.7 Å². The molecule has 0 saturated carbocycles. The molecule has 0 aliphatic heterocycles. The number of non-ortho nitro benzene ring substituents is 1. The molecule has 1 unspecified atom stereocenters. The molecule has 9 nitrogen and oxygen atoms in total. The van der Waals surface area contributed by atoms with E-state index < -0.39 is 11.0 Å². The van der Waals surface area contributed by atoms with Crippen molar-refractivity contribution in [2.24, 2.45) is 0 Å². The molecule has 0 aliphatic carbocycles. The number of hydrogen-bond donors (Lipinski definition) is 2. The van der Waals surface area contributed by atoms with Crippen LogP contribution < -0.4 is 10.6 Å². The van der Waals surface area contributed by atoms with Gasteiger partial charge in [-0.1, -0.05) is 60.6 Å². The number of urea groups is 1. The fourth-order valence-corrected chi connectivity index (χ4v) is 4.73. The number of nitro benzene ring substituents is 1. The van der Waals surface area contributed by atoms with Crippen LogP contribution in [0.4, 0.5) is 16.2 Å². The number of nitrogens with one attached hydrogen (secondary N) is 2. The molecular formula is C27H28N6O3S. The number of amides is 2. The van der Waals surface area contributed by atoms with Crippen molar-refractivity contribution < 1.29 is 9.72 Å². The number of aromatic nitrogens is 3. The van der Waals surface area contributed by atoms with Gasteiger partial charge < -0.3 is 10.6 Å². The van der Waals surface area contributed by atoms with Crippen molar-refractivity contribution in [1.29, 1.82) is 0 Å². The van der Waals surface area contributed by atoms with Gasteiger partial charge in [0.25, 0.3) is 5.69 Å². The van der Waals surface area contributed by atoms with Crippen LogP contribution >= 0.6 is 11.8 Å². The van der Waals surface area contributed by atoms with Gasteiger partial charge in [0, 0.05) is 29.3 Å². The molecule has 0 fully saturated rings. The number of anilines is 1. The molecule has 0 bridgehead atoms. The molecule has 1 aromatic heterocycles. The Balaban J connectivity index is 1.57. The SMILES string of the molecule is CCc1ccc(NC(=O)NC(C)c2nnc(SCc3cccc(C)c3)n2-c2ccc([N+](=O)[O-])cc2)cc1. The summed E-state index contributed by atoms with van der Waals surface area (Å²) in [5, 5.41) is 26.3. The lowest BCUT2D eigenvalue weighted by atomic mass is 10.1. The minimum Gasteiger partial charge on any atom is -0.328 e. The lowest BCUT2D eigenvalue weighted by Crippen LogP contribution is -2.32. The second kappa shape index (κ2) is 11.7. The van der Waals surface area contributed by atoms with E-state index >= 15 is 0 Å². The number of nitrogens with zero attached hydrogens (tertiary/aromatic N) is 4. The van der Waals surface area contributed by atoms with Gasteiger partial charge in [0.05, 0.1) is 11.0 Å². The molecule has 10 heteroatoms. The van der Waals surface area contributed by atoms with Gasteiger partial charge in [0.2, 0.25) is 0 Å². The van der Waals surface area contributed by atoms with Crippen LogP contribution in [0.5, 0.6) is 0 Å². The third-order valence-electron chi connectivity index (χ3n) is 5.78. The maximum absolute atomic E-state index is 12.7. The Bertz CT molecular complexity index is 1390. The zero-order valence-electron chi connectivity index (χ0n) is 20.8. The summed E-state index contributed by atoms with van der Waals surface area (Å²) >= 11 is 1.50. The number of hydrogen-bond acceptors (Lipinski definition) is 6. The summed E-state index contributed by atoms with van der Waals surface area (Å²) in [4.78, 5) is 23.4. The topological polar surface area (TPSA) is 115 Å². The Morgan fingerprint density at radius 3 is 2.43 bits per heavy atom. The minimum atomic E-state index is -0.495. The van der Waals surface area contributed by atoms with Gasteiger partial charge in [0.15, 0.2) is 11.0 Å². The Morgan fingerprint density at radius 1 is 1.05 bits per heavy atom. The summed E-state index contributed by atoms with van der Waals surface area (Å²) in [7, 11) is 0. The third kappa shape index (κ3) is 6.53. The van der Waals surface area contributed by atoms with E-state index in [0.717, 1.165) is 12.0 Å². The van der Waals surface area contributed by atoms with E-state index in [1.807, 2.05) is 54.8 Å². The molecule has 4 rings (SSSR count). The Kier molecular flexibility index (Phi) is 8.19. The average molecular weight is 517 g/mol. The first kappa shape index (κ1) is 25.9. The van der Waals surface area contributed by atoms with Crippen molar-refractivity contribution >= 4 is 29.2 Å². The van der Waals surface area contributed by atoms with Gasteiger partial charge in [-0.25, -0.2) is 4.79 Å². The summed E-state index contributed by atoms with van der Waals surface area (Å²) in [6, 6.07) is 21.2. The fraction of sp³-hybridized carbons (Fsp3) is 0.222. The first-order valence-corrected chi connectivity index (χ1v) is 12.9. The van der Waals surface area contributed by atoms with Crippen LogP contribution in [0.15, 0.2) is 78.0 Å². The third-order valence-corrected chi connectivity index (χ3v) is 6.78. The van der Waals surface area contributed by atoms with Gasteiger partial charge in [-0.15, -0.1) is 10.2 Å². The normalized spacial score (nSPS) is 11.6. The van der Waals surface area contributed by atoms with Crippen LogP contribution in [0.25, 0.3) is 5.69 Å². The quantitative estimate of drug-likeness (QED) is 0.155. The van der Waals surface area contributed by atoms with Crippen LogP contribution in [0.3, 0.4) is 0 Å². The molecule has 190 valence electrons. The zero-order valence-corrected chi connectivity index (χ0v) is 21.7. The number of nitro groups is 1. The Hall–Kier alpha value is -4.18. The Morgan fingerprint density at radius 2 is 1.78 bits per heavy atom. The van der Waals surface area contributed by atoms with E-state index in [0.29, 0.717) is 28.1 Å². The molecule has 3 aromatic carbocycles. The molecule has 0 spiro atoms. The second-order valence-corrected chi connectivity index (χ2v) is 9.54. The second-order valence-electron chi connectivity index (χ2n) is 8.60. The van der Waals surface area contributed by atoms with Gasteiger partial charge in [0.1, 0.15) is 0 Å². The number of thioether (sulfide) groups is 1. The van der Waals surface area contributed by atoms with Crippen molar-refractivity contribution in [1.82, 2.24) is 20.1 Å². The highest BCUT2D eigenvalue weighted by atomic mass is 32.2. The molecule has 1 atom stereocenters. The van der Waals surface area contributed by atoms with Gasteiger partial charge >= 0.3 is 6.03 Å². The Labute approximate surface area is 219 Å². The fourth-order valence-electron chi connectivity index (χ4n) is 3.82. The largest absolute Gasteiger partial charge is 0.328 e. The highest BCUT2D eigenvalue weighted by molar-refractivity contribution is 7.98. The number of carbonyl (C=O) groups excluding carboxylic acids is 1. The van der Waals surface area contributed by atoms with E-state index in [1.165, 1.54) is 35.0 Å². The van der Waals surface area contributed by atoms with Crippen molar-refractivity contribution in [2.45, 2.75) is 44.1 Å². The molecular weight excluding hydrogens is 488 g/mol. The van der Waals surface area contributed by atoms with E-state index in [4.69, 9.17) is 0 Å². The smallest absolute Gasteiger partial charge is 0.319 e. The molecule has 1 heterocycles. The number of aryl methyl sites for hydroxylation is 2. The first-order chi connectivity index (χ1) is 17.8. The summed E-state index contributed by atoms with van der Waals surface area (Å²) in [5.74, 6) is 1.18. The van der Waals surface area contributed by atoms with Gasteiger partial charge in [-0.3, -0.25) is 14.7 Å². The minimum absolute atomic E-state index is 0.00742. The van der Waals surface area contributed by atoms with Crippen LogP contribution in [0.1, 0.15) is 42.4 Å². The lowest BCUT2D eigenvalue weighted by molar-refractivity contribution is -0.384. The lowest BCUT2D eigenvalue weighted by Gasteiger charge is -2.17. The van der Waals surface area contributed by atoms with Crippen LogP contribution in [-0.4, -0.2) is 25.7 Å². The number of carbonyl (C=O) groups is 1. The van der Waals surface area contributed by atoms with E-state index in [9.17, 15) is 14.9 Å². The highest BCUT2D eigenvalue weighted by Crippen LogP contribution is 2.28. The van der Waals surface area contributed by atoms with Crippen LogP contribution in [0.2, 0.25) is 0 Å². The number of rotatable bonds is 9. The van der Waals surface area contributed by atoms with Gasteiger partial charge in [-0.2, -0.15) is 0 Å². The predicted molar refractivity (Wildman–Crippen MR) is 145 cm³/mol. The van der Waals surface area contributed by atoms with Crippen molar-refractivity contribution in [3.8, 4) is 5.69 Å². The first-order valence-electron chi connectivity index (χ1n) is 11.9. The summed E-state index contributed by atoms with van der Waals surface area (Å²) in [5.41, 5.74) is 4.85. The molecule has 0 saturated heterocycles. The van der Waals surface area contributed by atoms with Crippen molar-refractivity contribution in [3.63, 3.8) is 0 Å². The summed E-state index contributed by atoms with van der Waals surface area (Å²) in [6.45, 7) is 5.94. The molecule has 37 heavy (non-hydrogen) atoms. The predicted octanol–water partition coefficient (Wildman–Crippen LogP) is 6.22. The standard InChI is InChI=1S/C27H28N6O3S/c1-4-20-8-10-22(11-9-20)29-26(34)28-19(3)25-30-31-27(37-17-21-7-5-6-18(2)16-21)32(25)23-12-14-24(15-13-23)33(35)36/h5-16,19H,4,17H2,1-3H3,(H2,28,29,34). The highest BCUT2D eigenvalue weighted by Gasteiger charge is 2.22. The number of benzene rings is 3. The summed E-state index contributed by atoms with van der Waals surface area (Å²) < 4.78 is 1.82. The molecule has 2 N–H and O–H groups in total. The summed E-state index contributed by atoms with van der Waals surface area (Å²) in [6.07, 6.45) is 0.923.